The zero-order valence-electron chi connectivity index (χ0n) is 15.4. The molecule has 2 heterocycles. The van der Waals surface area contributed by atoms with Gasteiger partial charge in [0, 0.05) is 44.4 Å². The second-order valence-corrected chi connectivity index (χ2v) is 8.78. The van der Waals surface area contributed by atoms with Gasteiger partial charge in [0.1, 0.15) is 5.75 Å². The van der Waals surface area contributed by atoms with Gasteiger partial charge in [0.25, 0.3) is 10.2 Å². The molecule has 6 nitrogen and oxygen atoms in total. The van der Waals surface area contributed by atoms with E-state index in [-0.39, 0.29) is 5.92 Å². The van der Waals surface area contributed by atoms with E-state index >= 15 is 0 Å². The molecule has 0 amide bonds. The maximum Gasteiger partial charge on any atom is 0.281 e. The summed E-state index contributed by atoms with van der Waals surface area (Å²) >= 11 is 0. The molecule has 0 N–H and O–H groups in total. The van der Waals surface area contributed by atoms with Crippen molar-refractivity contribution >= 4 is 10.2 Å². The van der Waals surface area contributed by atoms with Crippen LogP contribution in [0.4, 0.5) is 0 Å². The van der Waals surface area contributed by atoms with Crippen LogP contribution >= 0.6 is 0 Å². The fraction of sp³-hybridized carbons (Fsp3) is 0.421. The minimum absolute atomic E-state index is 0.0909. The number of rotatable bonds is 5. The van der Waals surface area contributed by atoms with Crippen LogP contribution in [0, 0.1) is 0 Å². The van der Waals surface area contributed by atoms with Crippen LogP contribution < -0.4 is 4.74 Å². The van der Waals surface area contributed by atoms with E-state index in [1.165, 1.54) is 4.31 Å². The van der Waals surface area contributed by atoms with Gasteiger partial charge < -0.3 is 4.74 Å². The minimum atomic E-state index is -3.39. The zero-order valence-corrected chi connectivity index (χ0v) is 16.2. The molecule has 1 atom stereocenters. The molecule has 1 aliphatic heterocycles. The second-order valence-electron chi connectivity index (χ2n) is 6.64. The second kappa shape index (κ2) is 7.73. The first-order chi connectivity index (χ1) is 12.4. The van der Waals surface area contributed by atoms with Crippen LogP contribution in [-0.2, 0) is 10.2 Å². The summed E-state index contributed by atoms with van der Waals surface area (Å²) in [7, 11) is 1.39. The van der Waals surface area contributed by atoms with E-state index in [4.69, 9.17) is 9.72 Å². The van der Waals surface area contributed by atoms with Crippen LogP contribution in [0.2, 0.25) is 0 Å². The van der Waals surface area contributed by atoms with E-state index in [0.29, 0.717) is 13.1 Å². The van der Waals surface area contributed by atoms with Gasteiger partial charge in [0.2, 0.25) is 0 Å². The van der Waals surface area contributed by atoms with Crippen LogP contribution in [0.1, 0.15) is 24.5 Å². The van der Waals surface area contributed by atoms with Gasteiger partial charge in [0.15, 0.2) is 0 Å². The molecular formula is C19H25N3O3S. The number of hydrogen-bond acceptors (Lipinski definition) is 4. The Morgan fingerprint density at radius 1 is 1.15 bits per heavy atom. The van der Waals surface area contributed by atoms with Crippen molar-refractivity contribution in [3.8, 4) is 17.0 Å². The SMILES string of the molecule is COc1ccccc1-c1cccc([C@H]2CCCN(S(=O)(=O)N(C)C)C2)n1. The van der Waals surface area contributed by atoms with Crippen molar-refractivity contribution in [2.45, 2.75) is 18.8 Å². The topological polar surface area (TPSA) is 62.7 Å². The summed E-state index contributed by atoms with van der Waals surface area (Å²) in [5.41, 5.74) is 2.70. The standard InChI is InChI=1S/C19H25N3O3S/c1-21(2)26(23,24)22-13-7-8-15(14-22)17-10-6-11-18(20-17)16-9-4-5-12-19(16)25-3/h4-6,9-12,15H,7-8,13-14H2,1-3H3/t15-/m0/s1. The molecule has 0 bridgehead atoms. The Morgan fingerprint density at radius 3 is 2.65 bits per heavy atom. The average molecular weight is 375 g/mol. The summed E-state index contributed by atoms with van der Waals surface area (Å²) in [6, 6.07) is 13.7. The van der Waals surface area contributed by atoms with Crippen molar-refractivity contribution in [3.63, 3.8) is 0 Å². The molecule has 0 unspecified atom stereocenters. The Morgan fingerprint density at radius 2 is 1.92 bits per heavy atom. The minimum Gasteiger partial charge on any atom is -0.496 e. The Kier molecular flexibility index (Phi) is 5.60. The third-order valence-corrected chi connectivity index (χ3v) is 6.65. The van der Waals surface area contributed by atoms with E-state index in [9.17, 15) is 8.42 Å². The fourth-order valence-electron chi connectivity index (χ4n) is 3.31. The van der Waals surface area contributed by atoms with E-state index in [1.54, 1.807) is 25.5 Å². The van der Waals surface area contributed by atoms with Crippen molar-refractivity contribution in [2.75, 3.05) is 34.3 Å². The Balaban J connectivity index is 1.88. The Bertz CT molecular complexity index is 868. The normalized spacial score (nSPS) is 18.8. The van der Waals surface area contributed by atoms with Gasteiger partial charge >= 0.3 is 0 Å². The van der Waals surface area contributed by atoms with Crippen LogP contribution in [0.25, 0.3) is 11.3 Å². The number of hydrogen-bond donors (Lipinski definition) is 0. The number of methoxy groups -OCH3 is 1. The largest absolute Gasteiger partial charge is 0.496 e. The first-order valence-corrected chi connectivity index (χ1v) is 10.1. The van der Waals surface area contributed by atoms with E-state index in [2.05, 4.69) is 0 Å². The molecule has 0 aliphatic carbocycles. The van der Waals surface area contributed by atoms with E-state index in [0.717, 1.165) is 35.5 Å². The number of pyridine rings is 1. The molecule has 7 heteroatoms. The monoisotopic (exact) mass is 375 g/mol. The zero-order chi connectivity index (χ0) is 18.7. The highest BCUT2D eigenvalue weighted by atomic mass is 32.2. The lowest BCUT2D eigenvalue weighted by molar-refractivity contribution is 0.296. The smallest absolute Gasteiger partial charge is 0.281 e. The van der Waals surface area contributed by atoms with Gasteiger partial charge in [-0.2, -0.15) is 17.0 Å². The summed E-state index contributed by atoms with van der Waals surface area (Å²) in [6.45, 7) is 1.02. The van der Waals surface area contributed by atoms with Crippen LogP contribution in [0.3, 0.4) is 0 Å². The summed E-state index contributed by atoms with van der Waals surface area (Å²) in [5.74, 6) is 0.866. The third kappa shape index (κ3) is 3.75. The molecule has 1 aliphatic rings. The molecule has 0 spiro atoms. The number of nitrogens with zero attached hydrogens (tertiary/aromatic N) is 3. The van der Waals surface area contributed by atoms with Crippen molar-refractivity contribution in [1.29, 1.82) is 0 Å². The number of para-hydroxylation sites is 1. The van der Waals surface area contributed by atoms with E-state index < -0.39 is 10.2 Å². The highest BCUT2D eigenvalue weighted by Gasteiger charge is 2.31. The molecule has 1 aromatic carbocycles. The lowest BCUT2D eigenvalue weighted by atomic mass is 9.95. The summed E-state index contributed by atoms with van der Waals surface area (Å²) in [5, 5.41) is 0. The van der Waals surface area contributed by atoms with Gasteiger partial charge in [-0.05, 0) is 37.1 Å². The molecular weight excluding hydrogens is 350 g/mol. The lowest BCUT2D eigenvalue weighted by Gasteiger charge is -2.33. The molecule has 0 radical (unpaired) electrons. The van der Waals surface area contributed by atoms with Gasteiger partial charge in [-0.25, -0.2) is 0 Å². The van der Waals surface area contributed by atoms with Gasteiger partial charge in [-0.1, -0.05) is 18.2 Å². The molecule has 0 saturated carbocycles. The Hall–Kier alpha value is -1.96. The molecule has 1 saturated heterocycles. The number of piperidine rings is 1. The fourth-order valence-corrected chi connectivity index (χ4v) is 4.50. The van der Waals surface area contributed by atoms with Gasteiger partial charge in [0.05, 0.1) is 12.8 Å². The number of benzene rings is 1. The van der Waals surface area contributed by atoms with Crippen molar-refractivity contribution in [3.05, 3.63) is 48.2 Å². The third-order valence-electron chi connectivity index (χ3n) is 4.74. The predicted molar refractivity (Wildman–Crippen MR) is 102 cm³/mol. The van der Waals surface area contributed by atoms with Gasteiger partial charge in [-0.15, -0.1) is 0 Å². The van der Waals surface area contributed by atoms with Crippen molar-refractivity contribution in [1.82, 2.24) is 13.6 Å². The average Bonchev–Trinajstić information content (AvgIpc) is 2.68. The predicted octanol–water partition coefficient (Wildman–Crippen LogP) is 2.74. The molecule has 26 heavy (non-hydrogen) atoms. The highest BCUT2D eigenvalue weighted by Crippen LogP contribution is 2.32. The van der Waals surface area contributed by atoms with Crippen LogP contribution in [0.5, 0.6) is 5.75 Å². The molecule has 2 aromatic rings. The highest BCUT2D eigenvalue weighted by molar-refractivity contribution is 7.86. The van der Waals surface area contributed by atoms with Crippen LogP contribution in [0.15, 0.2) is 42.5 Å². The van der Waals surface area contributed by atoms with E-state index in [1.807, 2.05) is 42.5 Å². The summed E-state index contributed by atoms with van der Waals surface area (Å²) in [4.78, 5) is 4.82. The lowest BCUT2D eigenvalue weighted by Crippen LogP contribution is -2.45. The first kappa shape index (κ1) is 18.8. The molecule has 1 aromatic heterocycles. The molecule has 140 valence electrons. The van der Waals surface area contributed by atoms with Crippen LogP contribution in [-0.4, -0.2) is 56.3 Å². The maximum absolute atomic E-state index is 12.4. The van der Waals surface area contributed by atoms with Gasteiger partial charge in [-0.3, -0.25) is 4.98 Å². The molecule has 3 rings (SSSR count). The number of ether oxygens (including phenoxy) is 1. The Labute approximate surface area is 155 Å². The quantitative estimate of drug-likeness (QED) is 0.806. The molecule has 1 fully saturated rings. The summed E-state index contributed by atoms with van der Waals surface area (Å²) < 4.78 is 33.2. The maximum atomic E-state index is 12.4. The number of aromatic nitrogens is 1. The van der Waals surface area contributed by atoms with Crippen molar-refractivity contribution < 1.29 is 13.2 Å². The summed E-state index contributed by atoms with van der Waals surface area (Å²) in [6.07, 6.45) is 1.76. The van der Waals surface area contributed by atoms with Crippen molar-refractivity contribution in [2.24, 2.45) is 0 Å². The first-order valence-electron chi connectivity index (χ1n) is 8.71.